The Labute approximate surface area is 162 Å². The zero-order valence-electron chi connectivity index (χ0n) is 15.6. The third-order valence-corrected chi connectivity index (χ3v) is 5.22. The Bertz CT molecular complexity index is 792. The highest BCUT2D eigenvalue weighted by molar-refractivity contribution is 8.00. The normalized spacial score (nSPS) is 13.6. The number of fused-ring (bicyclic) bond motifs is 1. The molecule has 2 aromatic rings. The number of pyridine rings is 1. The predicted octanol–water partition coefficient (Wildman–Crippen LogP) is 1.57. The zero-order valence-corrected chi connectivity index (χ0v) is 16.4. The Balaban J connectivity index is 1.53. The summed E-state index contributed by atoms with van der Waals surface area (Å²) < 4.78 is 1.94. The van der Waals surface area contributed by atoms with Gasteiger partial charge in [-0.2, -0.15) is 5.10 Å². The Kier molecular flexibility index (Phi) is 6.33. The van der Waals surface area contributed by atoms with Gasteiger partial charge in [-0.3, -0.25) is 14.5 Å². The highest BCUT2D eigenvalue weighted by Crippen LogP contribution is 2.16. The van der Waals surface area contributed by atoms with Crippen molar-refractivity contribution in [2.45, 2.75) is 31.0 Å². The fourth-order valence-corrected chi connectivity index (χ4v) is 3.59. The van der Waals surface area contributed by atoms with Crippen LogP contribution in [0.5, 0.6) is 0 Å². The van der Waals surface area contributed by atoms with E-state index in [4.69, 9.17) is 0 Å². The van der Waals surface area contributed by atoms with Crippen molar-refractivity contribution in [1.82, 2.24) is 29.9 Å². The summed E-state index contributed by atoms with van der Waals surface area (Å²) in [7, 11) is 3.52. The van der Waals surface area contributed by atoms with Gasteiger partial charge in [0.25, 0.3) is 0 Å². The summed E-state index contributed by atoms with van der Waals surface area (Å²) in [5.74, 6) is 0.312. The van der Waals surface area contributed by atoms with Crippen LogP contribution in [0.2, 0.25) is 0 Å². The van der Waals surface area contributed by atoms with Crippen LogP contribution in [-0.4, -0.2) is 62.9 Å². The van der Waals surface area contributed by atoms with Crippen molar-refractivity contribution in [2.75, 3.05) is 26.4 Å². The molecular weight excluding hydrogens is 364 g/mol. The third-order valence-electron chi connectivity index (χ3n) is 4.20. The average Bonchev–Trinajstić information content (AvgIpc) is 2.95. The Morgan fingerprint density at radius 3 is 2.78 bits per heavy atom. The van der Waals surface area contributed by atoms with E-state index in [1.54, 1.807) is 31.4 Å². The lowest BCUT2D eigenvalue weighted by atomic mass is 10.3. The summed E-state index contributed by atoms with van der Waals surface area (Å²) in [5, 5.41) is 7.48. The van der Waals surface area contributed by atoms with Gasteiger partial charge in [-0.1, -0.05) is 0 Å². The van der Waals surface area contributed by atoms with Gasteiger partial charge in [-0.15, -0.1) is 11.8 Å². The minimum atomic E-state index is -0.0376. The number of aryl methyl sites for hydroxylation is 1. The first-order chi connectivity index (χ1) is 13.0. The van der Waals surface area contributed by atoms with Crippen molar-refractivity contribution in [1.29, 1.82) is 0 Å². The van der Waals surface area contributed by atoms with E-state index in [0.717, 1.165) is 35.8 Å². The molecule has 0 saturated heterocycles. The van der Waals surface area contributed by atoms with E-state index in [2.05, 4.69) is 15.4 Å². The van der Waals surface area contributed by atoms with Gasteiger partial charge < -0.3 is 15.1 Å². The lowest BCUT2D eigenvalue weighted by molar-refractivity contribution is -0.118. The molecule has 0 spiro atoms. The number of urea groups is 1. The fraction of sp³-hybridized carbons (Fsp3) is 0.444. The van der Waals surface area contributed by atoms with E-state index in [9.17, 15) is 9.59 Å². The number of hydrogen-bond donors (Lipinski definition) is 1. The molecule has 27 heavy (non-hydrogen) atoms. The van der Waals surface area contributed by atoms with Crippen LogP contribution in [0.3, 0.4) is 0 Å². The second-order valence-corrected chi connectivity index (χ2v) is 7.60. The van der Waals surface area contributed by atoms with Crippen LogP contribution in [-0.2, 0) is 24.4 Å². The van der Waals surface area contributed by atoms with Crippen LogP contribution < -0.4 is 5.32 Å². The molecule has 0 unspecified atom stereocenters. The molecule has 0 aliphatic carbocycles. The van der Waals surface area contributed by atoms with Gasteiger partial charge in [0.15, 0.2) is 0 Å². The van der Waals surface area contributed by atoms with Crippen LogP contribution in [0.1, 0.15) is 17.8 Å². The topological polar surface area (TPSA) is 83.4 Å². The summed E-state index contributed by atoms with van der Waals surface area (Å²) >= 11 is 1.47. The number of nitrogens with one attached hydrogen (secondary N) is 1. The highest BCUT2D eigenvalue weighted by atomic mass is 32.2. The molecule has 3 amide bonds. The molecule has 1 aliphatic rings. The molecule has 144 valence electrons. The molecule has 1 N–H and O–H groups in total. The van der Waals surface area contributed by atoms with Gasteiger partial charge in [0.1, 0.15) is 0 Å². The van der Waals surface area contributed by atoms with E-state index >= 15 is 0 Å². The van der Waals surface area contributed by atoms with Crippen molar-refractivity contribution in [2.24, 2.45) is 0 Å². The molecule has 0 bridgehead atoms. The summed E-state index contributed by atoms with van der Waals surface area (Å²) in [5.41, 5.74) is 1.81. The van der Waals surface area contributed by atoms with Gasteiger partial charge in [0.2, 0.25) is 5.91 Å². The van der Waals surface area contributed by atoms with Crippen LogP contribution in [0, 0.1) is 0 Å². The van der Waals surface area contributed by atoms with Gasteiger partial charge in [-0.25, -0.2) is 4.79 Å². The third kappa shape index (κ3) is 5.22. The molecule has 0 atom stereocenters. The van der Waals surface area contributed by atoms with Crippen molar-refractivity contribution in [3.63, 3.8) is 0 Å². The molecule has 0 saturated carbocycles. The number of thioether (sulfide) groups is 1. The van der Waals surface area contributed by atoms with Crippen LogP contribution in [0.4, 0.5) is 4.79 Å². The fourth-order valence-electron chi connectivity index (χ4n) is 2.88. The predicted molar refractivity (Wildman–Crippen MR) is 103 cm³/mol. The van der Waals surface area contributed by atoms with E-state index < -0.39 is 0 Å². The second-order valence-electron chi connectivity index (χ2n) is 6.55. The summed E-state index contributed by atoms with van der Waals surface area (Å²) in [6.07, 6.45) is 4.29. The van der Waals surface area contributed by atoms with Crippen molar-refractivity contribution in [3.05, 3.63) is 42.0 Å². The first kappa shape index (κ1) is 19.2. The standard InChI is InChI=1S/C18H24N6O2S/c1-22(2)18(26)23-8-3-9-24-15(12-23)10-14(21-24)11-20-17(25)13-27-16-4-6-19-7-5-16/h4-7,10H,3,8-9,11-13H2,1-2H3,(H,20,25). The highest BCUT2D eigenvalue weighted by Gasteiger charge is 2.21. The minimum absolute atomic E-state index is 0.00707. The maximum absolute atomic E-state index is 12.2. The Morgan fingerprint density at radius 1 is 1.26 bits per heavy atom. The number of carbonyl (C=O) groups is 2. The zero-order chi connectivity index (χ0) is 19.2. The van der Waals surface area contributed by atoms with Crippen molar-refractivity contribution >= 4 is 23.7 Å². The van der Waals surface area contributed by atoms with Gasteiger partial charge in [-0.05, 0) is 24.6 Å². The molecule has 0 aromatic carbocycles. The maximum Gasteiger partial charge on any atom is 0.319 e. The van der Waals surface area contributed by atoms with Gasteiger partial charge in [0, 0.05) is 44.5 Å². The molecule has 9 heteroatoms. The molecule has 1 aliphatic heterocycles. The lowest BCUT2D eigenvalue weighted by Gasteiger charge is -2.23. The van der Waals surface area contributed by atoms with E-state index in [-0.39, 0.29) is 11.9 Å². The summed E-state index contributed by atoms with van der Waals surface area (Å²) in [6, 6.07) is 5.74. The quantitative estimate of drug-likeness (QED) is 0.786. The van der Waals surface area contributed by atoms with Crippen LogP contribution >= 0.6 is 11.8 Å². The first-order valence-electron chi connectivity index (χ1n) is 8.84. The Morgan fingerprint density at radius 2 is 2.04 bits per heavy atom. The SMILES string of the molecule is CN(C)C(=O)N1CCCn2nc(CNC(=O)CSc3ccncc3)cc2C1. The summed E-state index contributed by atoms with van der Waals surface area (Å²) in [4.78, 5) is 32.7. The Hall–Kier alpha value is -2.55. The van der Waals surface area contributed by atoms with Gasteiger partial charge in [0.05, 0.1) is 30.2 Å². The molecule has 0 fully saturated rings. The summed E-state index contributed by atoms with van der Waals surface area (Å²) in [6.45, 7) is 2.42. The minimum Gasteiger partial charge on any atom is -0.350 e. The van der Waals surface area contributed by atoms with E-state index in [1.165, 1.54) is 11.8 Å². The smallest absolute Gasteiger partial charge is 0.319 e. The number of hydrogen-bond acceptors (Lipinski definition) is 5. The van der Waals surface area contributed by atoms with E-state index in [0.29, 0.717) is 18.8 Å². The van der Waals surface area contributed by atoms with Crippen molar-refractivity contribution < 1.29 is 9.59 Å². The first-order valence-corrected chi connectivity index (χ1v) is 9.83. The van der Waals surface area contributed by atoms with Gasteiger partial charge >= 0.3 is 6.03 Å². The van der Waals surface area contributed by atoms with Crippen LogP contribution in [0.25, 0.3) is 0 Å². The number of carbonyl (C=O) groups excluding carboxylic acids is 2. The van der Waals surface area contributed by atoms with Crippen molar-refractivity contribution in [3.8, 4) is 0 Å². The molecule has 3 rings (SSSR count). The largest absolute Gasteiger partial charge is 0.350 e. The van der Waals surface area contributed by atoms with E-state index in [1.807, 2.05) is 27.8 Å². The average molecular weight is 388 g/mol. The number of nitrogens with zero attached hydrogens (tertiary/aromatic N) is 5. The molecule has 8 nitrogen and oxygen atoms in total. The number of rotatable bonds is 5. The molecule has 3 heterocycles. The second kappa shape index (κ2) is 8.90. The molecule has 0 radical (unpaired) electrons. The lowest BCUT2D eigenvalue weighted by Crippen LogP contribution is -2.38. The van der Waals surface area contributed by atoms with Crippen LogP contribution in [0.15, 0.2) is 35.5 Å². The molecular formula is C18H24N6O2S. The monoisotopic (exact) mass is 388 g/mol. The molecule has 2 aromatic heterocycles. The maximum atomic E-state index is 12.2. The number of amides is 3. The number of aromatic nitrogens is 3.